The lowest BCUT2D eigenvalue weighted by Crippen LogP contribution is -2.41. The van der Waals surface area contributed by atoms with Gasteiger partial charge in [-0.25, -0.2) is 4.98 Å². The van der Waals surface area contributed by atoms with E-state index in [0.29, 0.717) is 18.2 Å². The highest BCUT2D eigenvalue weighted by molar-refractivity contribution is 5.94. The van der Waals surface area contributed by atoms with Crippen LogP contribution in [0.15, 0.2) is 42.6 Å². The fourth-order valence-electron chi connectivity index (χ4n) is 4.07. The van der Waals surface area contributed by atoms with Crippen LogP contribution >= 0.6 is 0 Å². The summed E-state index contributed by atoms with van der Waals surface area (Å²) in [5.74, 6) is 0.684. The topological polar surface area (TPSA) is 77.5 Å². The molecule has 2 aliphatic rings. The Morgan fingerprint density at radius 2 is 1.86 bits per heavy atom. The van der Waals surface area contributed by atoms with E-state index in [0.717, 1.165) is 31.7 Å². The van der Waals surface area contributed by atoms with Crippen molar-refractivity contribution in [1.29, 1.82) is 0 Å². The molecular weight excluding hydrogens is 352 g/mol. The van der Waals surface area contributed by atoms with Gasteiger partial charge in [0.15, 0.2) is 0 Å². The molecule has 1 aromatic carbocycles. The third-order valence-electron chi connectivity index (χ3n) is 5.63. The number of fused-ring (bicyclic) bond motifs is 1. The quantitative estimate of drug-likeness (QED) is 0.679. The summed E-state index contributed by atoms with van der Waals surface area (Å²) < 4.78 is 0. The first-order chi connectivity index (χ1) is 13.7. The van der Waals surface area contributed by atoms with E-state index >= 15 is 0 Å². The zero-order chi connectivity index (χ0) is 19.3. The number of aliphatic hydroxyl groups is 1. The molecule has 1 aromatic heterocycles. The maximum atomic E-state index is 12.4. The average Bonchev–Trinajstić information content (AvgIpc) is 3.40. The van der Waals surface area contributed by atoms with Gasteiger partial charge in [-0.3, -0.25) is 4.79 Å². The summed E-state index contributed by atoms with van der Waals surface area (Å²) in [5.41, 5.74) is 3.35. The normalized spacial score (nSPS) is 17.5. The number of aromatic nitrogens is 1. The number of aliphatic hydroxyl groups excluding tert-OH is 1. The molecule has 2 heterocycles. The van der Waals surface area contributed by atoms with Gasteiger partial charge >= 0.3 is 0 Å². The van der Waals surface area contributed by atoms with Gasteiger partial charge in [-0.05, 0) is 48.9 Å². The molecule has 1 atom stereocenters. The first-order valence-electron chi connectivity index (χ1n) is 10.2. The van der Waals surface area contributed by atoms with Gasteiger partial charge in [-0.2, -0.15) is 0 Å². The highest BCUT2D eigenvalue weighted by Gasteiger charge is 2.21. The van der Waals surface area contributed by atoms with Crippen LogP contribution in [0.2, 0.25) is 0 Å². The van der Waals surface area contributed by atoms with E-state index in [9.17, 15) is 9.90 Å². The number of nitrogens with zero attached hydrogens (tertiary/aromatic N) is 2. The first kappa shape index (κ1) is 18.9. The van der Waals surface area contributed by atoms with E-state index in [4.69, 9.17) is 0 Å². The van der Waals surface area contributed by atoms with Crippen LogP contribution in [0.1, 0.15) is 34.3 Å². The van der Waals surface area contributed by atoms with Crippen molar-refractivity contribution in [2.75, 3.05) is 31.1 Å². The van der Waals surface area contributed by atoms with Gasteiger partial charge in [0, 0.05) is 44.0 Å². The summed E-state index contributed by atoms with van der Waals surface area (Å²) in [6.07, 6.45) is 5.38. The molecular formula is C22H28N4O2. The van der Waals surface area contributed by atoms with E-state index in [1.807, 2.05) is 6.07 Å². The number of amides is 1. The van der Waals surface area contributed by atoms with Crippen LogP contribution in [0.5, 0.6) is 0 Å². The lowest BCUT2D eigenvalue weighted by atomic mass is 10.1. The SMILES string of the molecule is O=C(NCC(O)CNC1Cc2ccccc2C1)c1ccnc(N2CCCC2)c1. The van der Waals surface area contributed by atoms with E-state index in [1.54, 1.807) is 12.3 Å². The van der Waals surface area contributed by atoms with Crippen LogP contribution < -0.4 is 15.5 Å². The molecule has 28 heavy (non-hydrogen) atoms. The van der Waals surface area contributed by atoms with Gasteiger partial charge in [0.25, 0.3) is 5.91 Å². The van der Waals surface area contributed by atoms with Crippen molar-refractivity contribution < 1.29 is 9.90 Å². The lowest BCUT2D eigenvalue weighted by molar-refractivity contribution is 0.0914. The molecule has 148 valence electrons. The standard InChI is InChI=1S/C22H28N4O2/c27-20(14-24-19-11-16-5-1-2-6-17(16)12-19)15-25-22(28)18-7-8-23-21(13-18)26-9-3-4-10-26/h1-2,5-8,13,19-20,24,27H,3-4,9-12,14-15H2,(H,25,28). The molecule has 1 aliphatic carbocycles. The lowest BCUT2D eigenvalue weighted by Gasteiger charge is -2.18. The van der Waals surface area contributed by atoms with E-state index in [-0.39, 0.29) is 12.5 Å². The molecule has 0 radical (unpaired) electrons. The second-order valence-corrected chi connectivity index (χ2v) is 7.74. The van der Waals surface area contributed by atoms with Crippen LogP contribution in [0.4, 0.5) is 5.82 Å². The Hall–Kier alpha value is -2.44. The Labute approximate surface area is 166 Å². The molecule has 4 rings (SSSR count). The van der Waals surface area contributed by atoms with Gasteiger partial charge in [-0.15, -0.1) is 0 Å². The van der Waals surface area contributed by atoms with Crippen molar-refractivity contribution >= 4 is 11.7 Å². The minimum absolute atomic E-state index is 0.171. The van der Waals surface area contributed by atoms with Crippen molar-refractivity contribution in [2.45, 2.75) is 37.8 Å². The van der Waals surface area contributed by atoms with Gasteiger partial charge in [-0.1, -0.05) is 24.3 Å². The minimum Gasteiger partial charge on any atom is -0.390 e. The van der Waals surface area contributed by atoms with E-state index < -0.39 is 6.10 Å². The maximum Gasteiger partial charge on any atom is 0.251 e. The van der Waals surface area contributed by atoms with Crippen LogP contribution in [-0.2, 0) is 12.8 Å². The number of hydrogen-bond acceptors (Lipinski definition) is 5. The number of nitrogens with one attached hydrogen (secondary N) is 2. The summed E-state index contributed by atoms with van der Waals surface area (Å²) in [6.45, 7) is 2.68. The Balaban J connectivity index is 1.22. The van der Waals surface area contributed by atoms with E-state index in [2.05, 4.69) is 44.8 Å². The number of pyridine rings is 1. The number of rotatable bonds is 7. The Kier molecular flexibility index (Phi) is 5.88. The zero-order valence-corrected chi connectivity index (χ0v) is 16.1. The van der Waals surface area contributed by atoms with Crippen molar-refractivity contribution in [2.24, 2.45) is 0 Å². The first-order valence-corrected chi connectivity index (χ1v) is 10.2. The molecule has 3 N–H and O–H groups in total. The summed E-state index contributed by atoms with van der Waals surface area (Å²) in [6, 6.07) is 12.4. The highest BCUT2D eigenvalue weighted by atomic mass is 16.3. The molecule has 1 aliphatic heterocycles. The predicted octanol–water partition coefficient (Wildman–Crippen LogP) is 1.53. The van der Waals surface area contributed by atoms with Crippen LogP contribution in [0.3, 0.4) is 0 Å². The smallest absolute Gasteiger partial charge is 0.251 e. The minimum atomic E-state index is -0.618. The molecule has 0 saturated carbocycles. The molecule has 1 amide bonds. The Morgan fingerprint density at radius 3 is 2.57 bits per heavy atom. The van der Waals surface area contributed by atoms with Gasteiger partial charge in [0.2, 0.25) is 0 Å². The second kappa shape index (κ2) is 8.71. The monoisotopic (exact) mass is 380 g/mol. The van der Waals surface area contributed by atoms with E-state index in [1.165, 1.54) is 24.0 Å². The number of benzene rings is 1. The molecule has 1 unspecified atom stereocenters. The molecule has 1 saturated heterocycles. The largest absolute Gasteiger partial charge is 0.390 e. The van der Waals surface area contributed by atoms with Crippen molar-refractivity contribution in [3.05, 3.63) is 59.3 Å². The van der Waals surface area contributed by atoms with Gasteiger partial charge in [0.1, 0.15) is 5.82 Å². The third-order valence-corrected chi connectivity index (χ3v) is 5.63. The van der Waals surface area contributed by atoms with Gasteiger partial charge < -0.3 is 20.6 Å². The molecule has 0 spiro atoms. The molecule has 6 nitrogen and oxygen atoms in total. The van der Waals surface area contributed by atoms with Crippen molar-refractivity contribution in [3.8, 4) is 0 Å². The van der Waals surface area contributed by atoms with Crippen molar-refractivity contribution in [1.82, 2.24) is 15.6 Å². The Bertz CT molecular complexity index is 795. The number of carbonyl (C=O) groups is 1. The summed E-state index contributed by atoms with van der Waals surface area (Å²) >= 11 is 0. The number of hydrogen-bond donors (Lipinski definition) is 3. The predicted molar refractivity (Wildman–Crippen MR) is 110 cm³/mol. The zero-order valence-electron chi connectivity index (χ0n) is 16.1. The van der Waals surface area contributed by atoms with Crippen molar-refractivity contribution in [3.63, 3.8) is 0 Å². The maximum absolute atomic E-state index is 12.4. The third kappa shape index (κ3) is 4.51. The van der Waals surface area contributed by atoms with Gasteiger partial charge in [0.05, 0.1) is 6.10 Å². The summed E-state index contributed by atoms with van der Waals surface area (Å²) in [4.78, 5) is 19.0. The summed E-state index contributed by atoms with van der Waals surface area (Å²) in [5, 5.41) is 16.5. The molecule has 2 aromatic rings. The average molecular weight is 380 g/mol. The fourth-order valence-corrected chi connectivity index (χ4v) is 4.07. The van der Waals surface area contributed by atoms with Crippen LogP contribution in [-0.4, -0.2) is 54.3 Å². The van der Waals surface area contributed by atoms with Crippen LogP contribution in [0, 0.1) is 0 Å². The number of carbonyl (C=O) groups excluding carboxylic acids is 1. The van der Waals surface area contributed by atoms with Crippen LogP contribution in [0.25, 0.3) is 0 Å². The second-order valence-electron chi connectivity index (χ2n) is 7.74. The molecule has 1 fully saturated rings. The fraction of sp³-hybridized carbons (Fsp3) is 0.455. The molecule has 0 bridgehead atoms. The summed E-state index contributed by atoms with van der Waals surface area (Å²) in [7, 11) is 0. The number of anilines is 1. The molecule has 6 heteroatoms. The Morgan fingerprint density at radius 1 is 1.14 bits per heavy atom. The highest BCUT2D eigenvalue weighted by Crippen LogP contribution is 2.21.